The van der Waals surface area contributed by atoms with Crippen LogP contribution in [0.15, 0.2) is 73.2 Å². The van der Waals surface area contributed by atoms with E-state index in [-0.39, 0.29) is 5.82 Å². The van der Waals surface area contributed by atoms with Crippen molar-refractivity contribution in [2.45, 2.75) is 25.4 Å². The van der Waals surface area contributed by atoms with Gasteiger partial charge in [0.05, 0.1) is 11.2 Å². The van der Waals surface area contributed by atoms with Gasteiger partial charge in [0.1, 0.15) is 17.7 Å². The molecule has 1 aromatic carbocycles. The van der Waals surface area contributed by atoms with Gasteiger partial charge in [-0.3, -0.25) is 4.90 Å². The first-order chi connectivity index (χ1) is 19.1. The topological polar surface area (TPSA) is 122 Å². The summed E-state index contributed by atoms with van der Waals surface area (Å²) < 4.78 is 16.1. The molecule has 1 aliphatic heterocycles. The Morgan fingerprint density at radius 1 is 1.03 bits per heavy atom. The SMILES string of the molecule is N#Cc1nccc(NC2CCN(Cc3ccc(-n4c(-c5cccnc5N)cc5cnc(F)cc54)cc3)CC2)n1. The molecule has 3 N–H and O–H groups in total. The van der Waals surface area contributed by atoms with E-state index < -0.39 is 5.95 Å². The van der Waals surface area contributed by atoms with Crippen LogP contribution >= 0.6 is 0 Å². The minimum absolute atomic E-state index is 0.173. The summed E-state index contributed by atoms with van der Waals surface area (Å²) >= 11 is 0. The molecule has 5 heterocycles. The van der Waals surface area contributed by atoms with E-state index in [0.29, 0.717) is 23.2 Å². The number of fused-ring (bicyclic) bond motifs is 1. The van der Waals surface area contributed by atoms with Gasteiger partial charge in [0.15, 0.2) is 0 Å². The van der Waals surface area contributed by atoms with Crippen LogP contribution < -0.4 is 11.1 Å². The number of anilines is 2. The van der Waals surface area contributed by atoms with Crippen molar-refractivity contribution in [3.63, 3.8) is 0 Å². The lowest BCUT2D eigenvalue weighted by Gasteiger charge is -2.32. The molecule has 9 nitrogen and oxygen atoms in total. The fourth-order valence-corrected chi connectivity index (χ4v) is 5.13. The Hall–Kier alpha value is -4.88. The summed E-state index contributed by atoms with van der Waals surface area (Å²) in [6.45, 7) is 2.75. The Balaban J connectivity index is 1.18. The number of nitriles is 1. The van der Waals surface area contributed by atoms with Crippen LogP contribution in [0.25, 0.3) is 27.8 Å². The van der Waals surface area contributed by atoms with Crippen LogP contribution in [-0.4, -0.2) is 48.5 Å². The molecule has 1 saturated heterocycles. The van der Waals surface area contributed by atoms with Crippen molar-refractivity contribution in [1.82, 2.24) is 29.4 Å². The molecular formula is C29H26FN9. The molecule has 10 heteroatoms. The van der Waals surface area contributed by atoms with Crippen molar-refractivity contribution in [3.05, 3.63) is 90.5 Å². The van der Waals surface area contributed by atoms with E-state index in [4.69, 9.17) is 11.0 Å². The third kappa shape index (κ3) is 5.12. The number of benzene rings is 1. The second-order valence-corrected chi connectivity index (χ2v) is 9.61. The fourth-order valence-electron chi connectivity index (χ4n) is 5.13. The third-order valence-corrected chi connectivity index (χ3v) is 7.06. The molecule has 1 fully saturated rings. The van der Waals surface area contributed by atoms with Crippen molar-refractivity contribution in [1.29, 1.82) is 5.26 Å². The van der Waals surface area contributed by atoms with Crippen LogP contribution in [-0.2, 0) is 6.54 Å². The Kier molecular flexibility index (Phi) is 6.57. The number of nitrogens with two attached hydrogens (primary N) is 1. The molecule has 39 heavy (non-hydrogen) atoms. The quantitative estimate of drug-likeness (QED) is 0.314. The van der Waals surface area contributed by atoms with Gasteiger partial charge in [-0.05, 0) is 54.8 Å². The molecule has 0 radical (unpaired) electrons. The Morgan fingerprint density at radius 3 is 2.62 bits per heavy atom. The molecule has 194 valence electrons. The van der Waals surface area contributed by atoms with Crippen molar-refractivity contribution in [3.8, 4) is 23.0 Å². The second-order valence-electron chi connectivity index (χ2n) is 9.61. The smallest absolute Gasteiger partial charge is 0.234 e. The minimum atomic E-state index is -0.535. The first-order valence-corrected chi connectivity index (χ1v) is 12.8. The number of nitrogens with one attached hydrogen (secondary N) is 1. The maximum absolute atomic E-state index is 14.1. The molecule has 4 aromatic heterocycles. The highest BCUT2D eigenvalue weighted by atomic mass is 19.1. The molecule has 0 spiro atoms. The van der Waals surface area contributed by atoms with Gasteiger partial charge in [-0.1, -0.05) is 12.1 Å². The predicted octanol–water partition coefficient (Wildman–Crippen LogP) is 4.55. The van der Waals surface area contributed by atoms with E-state index in [9.17, 15) is 4.39 Å². The number of nitrogens with zero attached hydrogens (tertiary/aromatic N) is 7. The van der Waals surface area contributed by atoms with Crippen LogP contribution in [0, 0.1) is 17.3 Å². The number of hydrogen-bond donors (Lipinski definition) is 2. The number of pyridine rings is 2. The summed E-state index contributed by atoms with van der Waals surface area (Å²) in [6, 6.07) is 19.6. The summed E-state index contributed by atoms with van der Waals surface area (Å²) in [5.41, 5.74) is 10.6. The zero-order chi connectivity index (χ0) is 26.8. The van der Waals surface area contributed by atoms with Gasteiger partial charge in [-0.2, -0.15) is 9.65 Å². The van der Waals surface area contributed by atoms with E-state index >= 15 is 0 Å². The third-order valence-electron chi connectivity index (χ3n) is 7.06. The number of aromatic nitrogens is 5. The Labute approximate surface area is 224 Å². The van der Waals surface area contributed by atoms with Crippen LogP contribution in [0.1, 0.15) is 24.2 Å². The van der Waals surface area contributed by atoms with Gasteiger partial charge in [0.25, 0.3) is 0 Å². The minimum Gasteiger partial charge on any atom is -0.383 e. The number of rotatable bonds is 6. The van der Waals surface area contributed by atoms with Gasteiger partial charge in [-0.15, -0.1) is 0 Å². The molecule has 0 unspecified atom stereocenters. The van der Waals surface area contributed by atoms with Crippen molar-refractivity contribution >= 4 is 22.5 Å². The largest absolute Gasteiger partial charge is 0.383 e. The Morgan fingerprint density at radius 2 is 1.85 bits per heavy atom. The highest BCUT2D eigenvalue weighted by Gasteiger charge is 2.20. The maximum atomic E-state index is 14.1. The monoisotopic (exact) mass is 519 g/mol. The Bertz CT molecular complexity index is 1670. The molecule has 0 bridgehead atoms. The van der Waals surface area contributed by atoms with E-state index in [1.165, 1.54) is 17.8 Å². The van der Waals surface area contributed by atoms with Gasteiger partial charge in [0, 0.05) is 67.0 Å². The first kappa shape index (κ1) is 24.5. The molecule has 0 atom stereocenters. The summed E-state index contributed by atoms with van der Waals surface area (Å²) in [7, 11) is 0. The lowest BCUT2D eigenvalue weighted by atomic mass is 10.0. The highest BCUT2D eigenvalue weighted by molar-refractivity contribution is 5.90. The molecule has 0 saturated carbocycles. The van der Waals surface area contributed by atoms with Crippen molar-refractivity contribution in [2.24, 2.45) is 0 Å². The molecule has 1 aliphatic rings. The zero-order valence-corrected chi connectivity index (χ0v) is 21.1. The zero-order valence-electron chi connectivity index (χ0n) is 21.1. The van der Waals surface area contributed by atoms with Crippen LogP contribution in [0.2, 0.25) is 0 Å². The summed E-state index contributed by atoms with van der Waals surface area (Å²) in [4.78, 5) is 18.6. The standard InChI is InChI=1S/C29H26FN9/c30-26-15-24-20(17-35-26)14-25(23-2-1-10-34-29(23)32)39(24)22-5-3-19(4-6-22)18-38-12-8-21(9-13-38)36-27-7-11-33-28(16-31)37-27/h1-7,10-11,14-15,17,21H,8-9,12-13,18H2,(H2,32,34)(H,33,36,37). The van der Waals surface area contributed by atoms with Crippen molar-refractivity contribution in [2.75, 3.05) is 24.1 Å². The summed E-state index contributed by atoms with van der Waals surface area (Å²) in [5, 5.41) is 13.3. The van der Waals surface area contributed by atoms with E-state index in [1.54, 1.807) is 18.5 Å². The van der Waals surface area contributed by atoms with E-state index in [2.05, 4.69) is 54.4 Å². The average Bonchev–Trinajstić information content (AvgIpc) is 3.33. The maximum Gasteiger partial charge on any atom is 0.234 e. The van der Waals surface area contributed by atoms with Crippen LogP contribution in [0.4, 0.5) is 16.0 Å². The fraction of sp³-hybridized carbons (Fsp3) is 0.207. The number of likely N-dealkylation sites (tertiary alicyclic amines) is 1. The predicted molar refractivity (Wildman–Crippen MR) is 147 cm³/mol. The van der Waals surface area contributed by atoms with Gasteiger partial charge >= 0.3 is 0 Å². The van der Waals surface area contributed by atoms with E-state index in [0.717, 1.165) is 54.8 Å². The van der Waals surface area contributed by atoms with Crippen LogP contribution in [0.5, 0.6) is 0 Å². The van der Waals surface area contributed by atoms with Crippen molar-refractivity contribution < 1.29 is 4.39 Å². The highest BCUT2D eigenvalue weighted by Crippen LogP contribution is 2.34. The summed E-state index contributed by atoms with van der Waals surface area (Å²) in [6.07, 6.45) is 6.76. The molecule has 0 aliphatic carbocycles. The average molecular weight is 520 g/mol. The number of piperidine rings is 1. The van der Waals surface area contributed by atoms with Gasteiger partial charge < -0.3 is 15.6 Å². The van der Waals surface area contributed by atoms with Gasteiger partial charge in [-0.25, -0.2) is 19.9 Å². The number of halogens is 1. The van der Waals surface area contributed by atoms with Gasteiger partial charge in [0.2, 0.25) is 11.8 Å². The number of hydrogen-bond acceptors (Lipinski definition) is 8. The normalized spacial score (nSPS) is 14.4. The van der Waals surface area contributed by atoms with E-state index in [1.807, 2.05) is 28.8 Å². The first-order valence-electron chi connectivity index (χ1n) is 12.8. The molecule has 5 aromatic rings. The molecule has 6 rings (SSSR count). The number of nitrogen functional groups attached to an aromatic ring is 1. The molecule has 0 amide bonds. The summed E-state index contributed by atoms with van der Waals surface area (Å²) in [5.74, 6) is 0.741. The lowest BCUT2D eigenvalue weighted by molar-refractivity contribution is 0.211. The second kappa shape index (κ2) is 10.5. The molecular weight excluding hydrogens is 493 g/mol. The van der Waals surface area contributed by atoms with Crippen LogP contribution in [0.3, 0.4) is 0 Å². The lowest BCUT2D eigenvalue weighted by Crippen LogP contribution is -2.38.